The summed E-state index contributed by atoms with van der Waals surface area (Å²) in [5.74, 6) is 0. The number of likely N-dealkylation sites (tertiary alicyclic amines) is 1. The van der Waals surface area contributed by atoms with Crippen LogP contribution in [0.2, 0.25) is 0 Å². The van der Waals surface area contributed by atoms with Crippen molar-refractivity contribution in [1.29, 1.82) is 0 Å². The Hall–Kier alpha value is -2.24. The summed E-state index contributed by atoms with van der Waals surface area (Å²) in [5, 5.41) is 5.78. The molecule has 6 nitrogen and oxygen atoms in total. The third-order valence-corrected chi connectivity index (χ3v) is 6.08. The average Bonchev–Trinajstić information content (AvgIpc) is 3.01. The van der Waals surface area contributed by atoms with Crippen LogP contribution in [0.1, 0.15) is 54.4 Å². The molecule has 29 heavy (non-hydrogen) atoms. The minimum absolute atomic E-state index is 0.0367. The fourth-order valence-electron chi connectivity index (χ4n) is 4.49. The molecule has 2 aromatic rings. The standard InChI is InChI=1S/C23H34N4O2/c1-21(2,3)27-19-13-18(8-7-17(19)14-24-27)26-15-23(16-26)9-11-25(12-10-23)20(28)29-22(4,5)6/h7-8,13-14H,9-12,15-16H2,1-6H3. The van der Waals surface area contributed by atoms with Gasteiger partial charge in [0.25, 0.3) is 0 Å². The number of ether oxygens (including phenoxy) is 1. The molecule has 4 rings (SSSR count). The molecule has 3 heterocycles. The lowest BCUT2D eigenvalue weighted by molar-refractivity contribution is 0.00598. The Bertz CT molecular complexity index is 903. The number of hydrogen-bond donors (Lipinski definition) is 0. The van der Waals surface area contributed by atoms with Gasteiger partial charge in [-0.2, -0.15) is 5.10 Å². The molecule has 1 aromatic heterocycles. The lowest BCUT2D eigenvalue weighted by atomic mass is 9.72. The van der Waals surface area contributed by atoms with E-state index in [1.807, 2.05) is 31.9 Å². The number of nitrogens with zero attached hydrogens (tertiary/aromatic N) is 4. The molecule has 0 atom stereocenters. The largest absolute Gasteiger partial charge is 0.444 e. The first kappa shape index (κ1) is 20.0. The number of rotatable bonds is 1. The average molecular weight is 399 g/mol. The summed E-state index contributed by atoms with van der Waals surface area (Å²) < 4.78 is 7.64. The highest BCUT2D eigenvalue weighted by atomic mass is 16.6. The van der Waals surface area contributed by atoms with E-state index < -0.39 is 5.60 Å². The van der Waals surface area contributed by atoms with Crippen LogP contribution in [-0.2, 0) is 10.3 Å². The van der Waals surface area contributed by atoms with Gasteiger partial charge in [0.15, 0.2) is 0 Å². The molecule has 0 bridgehead atoms. The molecule has 0 aliphatic carbocycles. The van der Waals surface area contributed by atoms with Gasteiger partial charge in [0, 0.05) is 42.7 Å². The van der Waals surface area contributed by atoms with Gasteiger partial charge in [0.05, 0.1) is 17.3 Å². The van der Waals surface area contributed by atoms with Gasteiger partial charge in [0.1, 0.15) is 5.60 Å². The Balaban J connectivity index is 1.40. The van der Waals surface area contributed by atoms with Crippen molar-refractivity contribution >= 4 is 22.7 Å². The van der Waals surface area contributed by atoms with E-state index in [0.29, 0.717) is 5.41 Å². The SMILES string of the molecule is CC(C)(C)OC(=O)N1CCC2(CC1)CN(c1ccc3cnn(C(C)(C)C)c3c1)C2. The van der Waals surface area contributed by atoms with Crippen molar-refractivity contribution < 1.29 is 9.53 Å². The molecular formula is C23H34N4O2. The van der Waals surface area contributed by atoms with E-state index in [1.165, 1.54) is 16.6 Å². The third kappa shape index (κ3) is 3.94. The van der Waals surface area contributed by atoms with Crippen molar-refractivity contribution in [2.24, 2.45) is 5.41 Å². The Morgan fingerprint density at radius 2 is 1.72 bits per heavy atom. The summed E-state index contributed by atoms with van der Waals surface area (Å²) in [5.41, 5.74) is 2.32. The monoisotopic (exact) mass is 398 g/mol. The van der Waals surface area contributed by atoms with Crippen LogP contribution in [0.4, 0.5) is 10.5 Å². The molecule has 6 heteroatoms. The van der Waals surface area contributed by atoms with Crippen molar-refractivity contribution in [1.82, 2.24) is 14.7 Å². The molecule has 1 amide bonds. The molecule has 2 aliphatic rings. The molecular weight excluding hydrogens is 364 g/mol. The van der Waals surface area contributed by atoms with Crippen LogP contribution in [0.15, 0.2) is 24.4 Å². The van der Waals surface area contributed by atoms with E-state index >= 15 is 0 Å². The molecule has 2 aliphatic heterocycles. The number of fused-ring (bicyclic) bond motifs is 1. The van der Waals surface area contributed by atoms with Gasteiger partial charge in [-0.05, 0) is 72.6 Å². The van der Waals surface area contributed by atoms with Crippen LogP contribution in [0.25, 0.3) is 10.9 Å². The third-order valence-electron chi connectivity index (χ3n) is 6.08. The Labute approximate surface area is 173 Å². The lowest BCUT2D eigenvalue weighted by Crippen LogP contribution is -2.61. The number of amides is 1. The van der Waals surface area contributed by atoms with Crippen molar-refractivity contribution in [3.05, 3.63) is 24.4 Å². The second-order valence-electron chi connectivity index (χ2n) is 10.8. The van der Waals surface area contributed by atoms with Crippen molar-refractivity contribution in [3.63, 3.8) is 0 Å². The van der Waals surface area contributed by atoms with E-state index in [4.69, 9.17) is 4.74 Å². The van der Waals surface area contributed by atoms with Crippen LogP contribution in [0, 0.1) is 5.41 Å². The Morgan fingerprint density at radius 1 is 1.07 bits per heavy atom. The zero-order valence-corrected chi connectivity index (χ0v) is 18.7. The molecule has 0 radical (unpaired) electrons. The number of piperidine rings is 1. The van der Waals surface area contributed by atoms with Crippen LogP contribution < -0.4 is 4.90 Å². The summed E-state index contributed by atoms with van der Waals surface area (Å²) in [6.07, 6.45) is 3.87. The predicted molar refractivity (Wildman–Crippen MR) is 116 cm³/mol. The fraction of sp³-hybridized carbons (Fsp3) is 0.652. The number of hydrogen-bond acceptors (Lipinski definition) is 4. The van der Waals surface area contributed by atoms with Crippen LogP contribution in [0.5, 0.6) is 0 Å². The van der Waals surface area contributed by atoms with Crippen molar-refractivity contribution in [3.8, 4) is 0 Å². The maximum Gasteiger partial charge on any atom is 0.410 e. The van der Waals surface area contributed by atoms with Gasteiger partial charge in [-0.15, -0.1) is 0 Å². The van der Waals surface area contributed by atoms with Gasteiger partial charge in [0.2, 0.25) is 0 Å². The second kappa shape index (κ2) is 6.64. The Kier molecular flexibility index (Phi) is 4.59. The van der Waals surface area contributed by atoms with Gasteiger partial charge < -0.3 is 14.5 Å². The molecule has 1 spiro atoms. The number of carbonyl (C=O) groups is 1. The highest BCUT2D eigenvalue weighted by Gasteiger charge is 2.46. The topological polar surface area (TPSA) is 50.6 Å². The first-order chi connectivity index (χ1) is 13.5. The van der Waals surface area contributed by atoms with Crippen LogP contribution >= 0.6 is 0 Å². The number of carbonyl (C=O) groups excluding carboxylic acids is 1. The van der Waals surface area contributed by atoms with E-state index in [1.54, 1.807) is 0 Å². The quantitative estimate of drug-likeness (QED) is 0.703. The Morgan fingerprint density at radius 3 is 2.31 bits per heavy atom. The first-order valence-electron chi connectivity index (χ1n) is 10.7. The zero-order valence-electron chi connectivity index (χ0n) is 18.7. The van der Waals surface area contributed by atoms with E-state index in [9.17, 15) is 4.79 Å². The predicted octanol–water partition coefficient (Wildman–Crippen LogP) is 4.63. The zero-order chi connectivity index (χ0) is 21.0. The van der Waals surface area contributed by atoms with Gasteiger partial charge in [-0.3, -0.25) is 4.68 Å². The van der Waals surface area contributed by atoms with Crippen molar-refractivity contribution in [2.75, 3.05) is 31.1 Å². The molecule has 2 saturated heterocycles. The van der Waals surface area contributed by atoms with E-state index in [-0.39, 0.29) is 11.6 Å². The maximum atomic E-state index is 12.3. The van der Waals surface area contributed by atoms with Gasteiger partial charge in [-0.1, -0.05) is 0 Å². The molecule has 0 unspecified atom stereocenters. The first-order valence-corrected chi connectivity index (χ1v) is 10.7. The summed E-state index contributed by atoms with van der Waals surface area (Å²) in [6.45, 7) is 16.0. The minimum Gasteiger partial charge on any atom is -0.444 e. The van der Waals surface area contributed by atoms with Crippen LogP contribution in [-0.4, -0.2) is 52.6 Å². The number of anilines is 1. The molecule has 0 saturated carbocycles. The smallest absolute Gasteiger partial charge is 0.410 e. The molecule has 1 aromatic carbocycles. The normalized spacial score (nSPS) is 19.5. The summed E-state index contributed by atoms with van der Waals surface area (Å²) in [7, 11) is 0. The second-order valence-corrected chi connectivity index (χ2v) is 10.8. The summed E-state index contributed by atoms with van der Waals surface area (Å²) in [6, 6.07) is 6.66. The van der Waals surface area contributed by atoms with E-state index in [2.05, 4.69) is 53.7 Å². The minimum atomic E-state index is -0.433. The van der Waals surface area contributed by atoms with Gasteiger partial charge >= 0.3 is 6.09 Å². The molecule has 158 valence electrons. The van der Waals surface area contributed by atoms with E-state index in [0.717, 1.165) is 39.0 Å². The summed E-state index contributed by atoms with van der Waals surface area (Å²) in [4.78, 5) is 16.6. The van der Waals surface area contributed by atoms with Crippen LogP contribution in [0.3, 0.4) is 0 Å². The van der Waals surface area contributed by atoms with Gasteiger partial charge in [-0.25, -0.2) is 4.79 Å². The highest BCUT2D eigenvalue weighted by Crippen LogP contribution is 2.43. The highest BCUT2D eigenvalue weighted by molar-refractivity contribution is 5.83. The lowest BCUT2D eigenvalue weighted by Gasteiger charge is -2.55. The molecule has 0 N–H and O–H groups in total. The number of aromatic nitrogens is 2. The number of benzene rings is 1. The maximum absolute atomic E-state index is 12.3. The fourth-order valence-corrected chi connectivity index (χ4v) is 4.49. The van der Waals surface area contributed by atoms with Crippen molar-refractivity contribution in [2.45, 2.75) is 65.5 Å². The summed E-state index contributed by atoms with van der Waals surface area (Å²) >= 11 is 0. The molecule has 2 fully saturated rings.